The Balaban J connectivity index is 1.76. The summed E-state index contributed by atoms with van der Waals surface area (Å²) in [5.41, 5.74) is 4.14. The van der Waals surface area contributed by atoms with Crippen molar-refractivity contribution in [3.05, 3.63) is 53.7 Å². The van der Waals surface area contributed by atoms with E-state index in [9.17, 15) is 0 Å². The Morgan fingerprint density at radius 3 is 2.86 bits per heavy atom. The summed E-state index contributed by atoms with van der Waals surface area (Å²) in [5, 5.41) is 4.77. The summed E-state index contributed by atoms with van der Waals surface area (Å²) in [4.78, 5) is 4.30. The normalized spacial score (nSPS) is 15.5. The minimum absolute atomic E-state index is 0.666. The van der Waals surface area contributed by atoms with Gasteiger partial charge < -0.3 is 14.5 Å². The molecule has 4 rings (SSSR count). The third-order valence-corrected chi connectivity index (χ3v) is 4.58. The fraction of sp³-hybridized carbons (Fsp3) is 0.353. The minimum atomic E-state index is 0.666. The van der Waals surface area contributed by atoms with E-state index in [2.05, 4.69) is 50.9 Å². The molecule has 1 fully saturated rings. The van der Waals surface area contributed by atoms with Gasteiger partial charge in [0.05, 0.1) is 0 Å². The first-order chi connectivity index (χ1) is 10.2. The van der Waals surface area contributed by atoms with Crippen LogP contribution in [0.1, 0.15) is 22.9 Å². The number of hydrogen-bond donors (Lipinski definition) is 1. The zero-order valence-electron chi connectivity index (χ0n) is 12.5. The number of hydrogen-bond acceptors (Lipinski definition) is 2. The van der Waals surface area contributed by atoms with Crippen LogP contribution in [0.2, 0.25) is 0 Å². The maximum atomic E-state index is 4.30. The fourth-order valence-corrected chi connectivity index (χ4v) is 3.17. The summed E-state index contributed by atoms with van der Waals surface area (Å²) in [6.45, 7) is 5.14. The van der Waals surface area contributed by atoms with Gasteiger partial charge in [0, 0.05) is 62.1 Å². The Morgan fingerprint density at radius 2 is 2.19 bits per heavy atom. The second-order valence-corrected chi connectivity index (χ2v) is 6.00. The second kappa shape index (κ2) is 4.74. The SMILES string of the molecule is Cc1nccn1Cc1ccc2c(c1)c(C1CNC1)cn2C. The van der Waals surface area contributed by atoms with Crippen molar-refractivity contribution in [1.29, 1.82) is 0 Å². The summed E-state index contributed by atoms with van der Waals surface area (Å²) in [5.74, 6) is 1.73. The van der Waals surface area contributed by atoms with Crippen LogP contribution in [0.4, 0.5) is 0 Å². The van der Waals surface area contributed by atoms with Crippen molar-refractivity contribution < 1.29 is 0 Å². The molecule has 0 unspecified atom stereocenters. The van der Waals surface area contributed by atoms with Crippen molar-refractivity contribution >= 4 is 10.9 Å². The van der Waals surface area contributed by atoms with E-state index in [1.807, 2.05) is 19.3 Å². The van der Waals surface area contributed by atoms with E-state index in [1.165, 1.54) is 22.0 Å². The molecule has 1 N–H and O–H groups in total. The molecule has 108 valence electrons. The van der Waals surface area contributed by atoms with Gasteiger partial charge in [-0.15, -0.1) is 0 Å². The molecule has 0 amide bonds. The molecule has 21 heavy (non-hydrogen) atoms. The van der Waals surface area contributed by atoms with Gasteiger partial charge in [0.2, 0.25) is 0 Å². The number of nitrogens with zero attached hydrogens (tertiary/aromatic N) is 3. The molecule has 4 nitrogen and oxygen atoms in total. The lowest BCUT2D eigenvalue weighted by atomic mass is 9.93. The molecule has 1 aliphatic rings. The van der Waals surface area contributed by atoms with Crippen LogP contribution in [0.15, 0.2) is 36.8 Å². The van der Waals surface area contributed by atoms with E-state index in [0.29, 0.717) is 5.92 Å². The molecule has 0 atom stereocenters. The average molecular weight is 280 g/mol. The van der Waals surface area contributed by atoms with Crippen LogP contribution in [0.25, 0.3) is 10.9 Å². The van der Waals surface area contributed by atoms with E-state index in [-0.39, 0.29) is 0 Å². The average Bonchev–Trinajstić information content (AvgIpc) is 2.94. The molecule has 1 saturated heterocycles. The highest BCUT2D eigenvalue weighted by Crippen LogP contribution is 2.30. The standard InChI is InChI=1S/C17H20N4/c1-12-19-5-6-21(12)10-13-3-4-17-15(7-13)16(11-20(17)2)14-8-18-9-14/h3-7,11,14,18H,8-10H2,1-2H3. The zero-order chi connectivity index (χ0) is 14.4. The third-order valence-electron chi connectivity index (χ3n) is 4.58. The number of aryl methyl sites for hydroxylation is 2. The molecule has 0 aliphatic carbocycles. The number of nitrogens with one attached hydrogen (secondary N) is 1. The van der Waals surface area contributed by atoms with Gasteiger partial charge in [-0.2, -0.15) is 0 Å². The fourth-order valence-electron chi connectivity index (χ4n) is 3.17. The molecule has 0 saturated carbocycles. The first-order valence-corrected chi connectivity index (χ1v) is 7.48. The van der Waals surface area contributed by atoms with Crippen LogP contribution in [0.3, 0.4) is 0 Å². The number of imidazole rings is 1. The Bertz CT molecular complexity index is 792. The van der Waals surface area contributed by atoms with Crippen LogP contribution >= 0.6 is 0 Å². The summed E-state index contributed by atoms with van der Waals surface area (Å²) in [7, 11) is 2.14. The van der Waals surface area contributed by atoms with Gasteiger partial charge in [-0.3, -0.25) is 0 Å². The number of benzene rings is 1. The van der Waals surface area contributed by atoms with Crippen molar-refractivity contribution in [3.8, 4) is 0 Å². The van der Waals surface area contributed by atoms with E-state index in [1.54, 1.807) is 0 Å². The molecule has 1 aliphatic heterocycles. The van der Waals surface area contributed by atoms with Crippen LogP contribution in [-0.4, -0.2) is 27.2 Å². The van der Waals surface area contributed by atoms with Crippen molar-refractivity contribution in [2.24, 2.45) is 7.05 Å². The molecule has 0 radical (unpaired) electrons. The maximum Gasteiger partial charge on any atom is 0.105 e. The maximum absolute atomic E-state index is 4.30. The Hall–Kier alpha value is -2.07. The number of rotatable bonds is 3. The summed E-state index contributed by atoms with van der Waals surface area (Å²) in [6.07, 6.45) is 6.20. The predicted molar refractivity (Wildman–Crippen MR) is 84.6 cm³/mol. The van der Waals surface area contributed by atoms with E-state index < -0.39 is 0 Å². The van der Waals surface area contributed by atoms with E-state index in [0.717, 1.165) is 25.5 Å². The quantitative estimate of drug-likeness (QED) is 0.799. The highest BCUT2D eigenvalue weighted by Gasteiger charge is 2.22. The van der Waals surface area contributed by atoms with Crippen LogP contribution in [-0.2, 0) is 13.6 Å². The monoisotopic (exact) mass is 280 g/mol. The van der Waals surface area contributed by atoms with Gasteiger partial charge in [-0.1, -0.05) is 6.07 Å². The van der Waals surface area contributed by atoms with Gasteiger partial charge in [0.1, 0.15) is 5.82 Å². The van der Waals surface area contributed by atoms with Crippen LogP contribution in [0, 0.1) is 6.92 Å². The van der Waals surface area contributed by atoms with Crippen molar-refractivity contribution in [1.82, 2.24) is 19.4 Å². The van der Waals surface area contributed by atoms with Gasteiger partial charge in [-0.05, 0) is 30.2 Å². The van der Waals surface area contributed by atoms with Gasteiger partial charge in [-0.25, -0.2) is 4.98 Å². The van der Waals surface area contributed by atoms with Crippen LogP contribution < -0.4 is 5.32 Å². The molecule has 0 bridgehead atoms. The first kappa shape index (κ1) is 12.7. The van der Waals surface area contributed by atoms with Crippen LogP contribution in [0.5, 0.6) is 0 Å². The first-order valence-electron chi connectivity index (χ1n) is 7.48. The highest BCUT2D eigenvalue weighted by molar-refractivity contribution is 5.85. The lowest BCUT2D eigenvalue weighted by molar-refractivity contribution is 0.450. The zero-order valence-corrected chi connectivity index (χ0v) is 12.5. The lowest BCUT2D eigenvalue weighted by Gasteiger charge is -2.26. The largest absolute Gasteiger partial charge is 0.350 e. The van der Waals surface area contributed by atoms with E-state index in [4.69, 9.17) is 0 Å². The summed E-state index contributed by atoms with van der Waals surface area (Å²) < 4.78 is 4.43. The Kier molecular flexibility index (Phi) is 2.86. The molecule has 2 aromatic heterocycles. The molecule has 3 heterocycles. The van der Waals surface area contributed by atoms with Crippen molar-refractivity contribution in [3.63, 3.8) is 0 Å². The van der Waals surface area contributed by atoms with Crippen molar-refractivity contribution in [2.45, 2.75) is 19.4 Å². The topological polar surface area (TPSA) is 34.8 Å². The number of aromatic nitrogens is 3. The summed E-state index contributed by atoms with van der Waals surface area (Å²) in [6, 6.07) is 6.82. The van der Waals surface area contributed by atoms with E-state index >= 15 is 0 Å². The van der Waals surface area contributed by atoms with Crippen molar-refractivity contribution in [2.75, 3.05) is 13.1 Å². The van der Waals surface area contributed by atoms with Gasteiger partial charge >= 0.3 is 0 Å². The summed E-state index contributed by atoms with van der Waals surface area (Å²) >= 11 is 0. The Labute approximate surface area is 124 Å². The van der Waals surface area contributed by atoms with Gasteiger partial charge in [0.25, 0.3) is 0 Å². The predicted octanol–water partition coefficient (Wildman–Crippen LogP) is 2.42. The molecule has 0 spiro atoms. The van der Waals surface area contributed by atoms with Gasteiger partial charge in [0.15, 0.2) is 0 Å². The number of fused-ring (bicyclic) bond motifs is 1. The smallest absolute Gasteiger partial charge is 0.105 e. The molecule has 4 heteroatoms. The second-order valence-electron chi connectivity index (χ2n) is 6.00. The highest BCUT2D eigenvalue weighted by atomic mass is 15.0. The molecular weight excluding hydrogens is 260 g/mol. The lowest BCUT2D eigenvalue weighted by Crippen LogP contribution is -2.39. The Morgan fingerprint density at radius 1 is 1.33 bits per heavy atom. The molecule has 3 aromatic rings. The third kappa shape index (κ3) is 2.07. The molecule has 1 aromatic carbocycles. The minimum Gasteiger partial charge on any atom is -0.350 e. The molecular formula is C17H20N4.